The first-order chi connectivity index (χ1) is 9.34. The number of rotatable bonds is 3. The molecule has 0 saturated carbocycles. The summed E-state index contributed by atoms with van der Waals surface area (Å²) in [5, 5.41) is 11.9. The van der Waals surface area contributed by atoms with Crippen molar-refractivity contribution in [3.63, 3.8) is 0 Å². The Morgan fingerprint density at radius 1 is 1.11 bits per heavy atom. The summed E-state index contributed by atoms with van der Waals surface area (Å²) >= 11 is 0. The van der Waals surface area contributed by atoms with Crippen LogP contribution in [0, 0.1) is 6.92 Å². The van der Waals surface area contributed by atoms with E-state index in [9.17, 15) is 0 Å². The number of pyridine rings is 1. The highest BCUT2D eigenvalue weighted by molar-refractivity contribution is 5.52. The summed E-state index contributed by atoms with van der Waals surface area (Å²) < 4.78 is 1.79. The van der Waals surface area contributed by atoms with Crippen LogP contribution in [0.15, 0.2) is 48.8 Å². The van der Waals surface area contributed by atoms with E-state index in [1.54, 1.807) is 17.1 Å². The second kappa shape index (κ2) is 4.97. The molecule has 2 heterocycles. The van der Waals surface area contributed by atoms with E-state index >= 15 is 0 Å². The van der Waals surface area contributed by atoms with Gasteiger partial charge in [-0.15, -0.1) is 5.10 Å². The third-order valence-electron chi connectivity index (χ3n) is 3.03. The minimum Gasteiger partial charge on any atom is -0.264 e. The van der Waals surface area contributed by atoms with Crippen LogP contribution in [0.2, 0.25) is 0 Å². The van der Waals surface area contributed by atoms with E-state index in [-0.39, 0.29) is 0 Å². The topological polar surface area (TPSA) is 56.5 Å². The molecule has 0 N–H and O–H groups in total. The number of nitrogens with zero attached hydrogens (tertiary/aromatic N) is 5. The maximum absolute atomic E-state index is 4.10. The highest BCUT2D eigenvalue weighted by Crippen LogP contribution is 2.16. The second-order valence-corrected chi connectivity index (χ2v) is 4.33. The fraction of sp³-hybridized carbons (Fsp3) is 0.143. The van der Waals surface area contributed by atoms with E-state index in [1.807, 2.05) is 24.3 Å². The molecule has 0 saturated heterocycles. The minimum absolute atomic E-state index is 0.657. The third-order valence-corrected chi connectivity index (χ3v) is 3.03. The van der Waals surface area contributed by atoms with E-state index in [4.69, 9.17) is 0 Å². The Hall–Kier alpha value is -2.56. The molecule has 0 aliphatic rings. The molecule has 0 spiro atoms. The molecule has 5 nitrogen and oxygen atoms in total. The summed E-state index contributed by atoms with van der Waals surface area (Å²) in [7, 11) is 0. The summed E-state index contributed by atoms with van der Waals surface area (Å²) in [5.74, 6) is 0.733. The largest absolute Gasteiger partial charge is 0.264 e. The lowest BCUT2D eigenvalue weighted by atomic mass is 10.1. The predicted octanol–water partition coefficient (Wildman–Crippen LogP) is 2.09. The molecule has 2 aromatic heterocycles. The van der Waals surface area contributed by atoms with Crippen LogP contribution in [-0.2, 0) is 6.54 Å². The van der Waals surface area contributed by atoms with Crippen molar-refractivity contribution in [1.82, 2.24) is 25.2 Å². The van der Waals surface area contributed by atoms with Crippen LogP contribution in [0.25, 0.3) is 11.4 Å². The summed E-state index contributed by atoms with van der Waals surface area (Å²) in [6.07, 6.45) is 3.50. The monoisotopic (exact) mass is 251 g/mol. The Labute approximate surface area is 110 Å². The van der Waals surface area contributed by atoms with Crippen molar-refractivity contribution in [3.8, 4) is 11.4 Å². The molecule has 19 heavy (non-hydrogen) atoms. The lowest BCUT2D eigenvalue weighted by Gasteiger charge is -2.07. The predicted molar refractivity (Wildman–Crippen MR) is 71.3 cm³/mol. The Bertz CT molecular complexity index is 675. The van der Waals surface area contributed by atoms with Crippen molar-refractivity contribution in [1.29, 1.82) is 0 Å². The van der Waals surface area contributed by atoms with Crippen molar-refractivity contribution in [2.24, 2.45) is 0 Å². The second-order valence-electron chi connectivity index (χ2n) is 4.33. The van der Waals surface area contributed by atoms with Crippen molar-refractivity contribution in [2.45, 2.75) is 13.5 Å². The average Bonchev–Trinajstić information content (AvgIpc) is 2.91. The fourth-order valence-corrected chi connectivity index (χ4v) is 1.96. The van der Waals surface area contributed by atoms with Gasteiger partial charge in [-0.1, -0.05) is 24.3 Å². The average molecular weight is 251 g/mol. The zero-order valence-corrected chi connectivity index (χ0v) is 10.6. The summed E-state index contributed by atoms with van der Waals surface area (Å²) in [4.78, 5) is 4.10. The molecule has 3 aromatic rings. The van der Waals surface area contributed by atoms with Gasteiger partial charge in [0.05, 0.1) is 6.54 Å². The van der Waals surface area contributed by atoms with Crippen LogP contribution in [0.4, 0.5) is 0 Å². The number of benzene rings is 1. The molecule has 0 atom stereocenters. The van der Waals surface area contributed by atoms with Gasteiger partial charge in [0.2, 0.25) is 0 Å². The summed E-state index contributed by atoms with van der Waals surface area (Å²) in [6, 6.07) is 12.1. The zero-order chi connectivity index (χ0) is 13.1. The molecule has 0 aliphatic carbocycles. The van der Waals surface area contributed by atoms with Gasteiger partial charge in [0.25, 0.3) is 0 Å². The van der Waals surface area contributed by atoms with Gasteiger partial charge in [-0.2, -0.15) is 0 Å². The lowest BCUT2D eigenvalue weighted by molar-refractivity contribution is 0.651. The van der Waals surface area contributed by atoms with Gasteiger partial charge in [-0.25, -0.2) is 4.68 Å². The van der Waals surface area contributed by atoms with Gasteiger partial charge in [-0.3, -0.25) is 4.98 Å². The quantitative estimate of drug-likeness (QED) is 0.715. The van der Waals surface area contributed by atoms with Crippen LogP contribution in [0.5, 0.6) is 0 Å². The van der Waals surface area contributed by atoms with Crippen LogP contribution < -0.4 is 0 Å². The maximum atomic E-state index is 4.10. The Balaban J connectivity index is 1.96. The lowest BCUT2D eigenvalue weighted by Crippen LogP contribution is -2.05. The van der Waals surface area contributed by atoms with Crippen LogP contribution in [0.3, 0.4) is 0 Å². The molecular weight excluding hydrogens is 238 g/mol. The SMILES string of the molecule is Cc1ccccc1Cn1nnnc1-c1cccnc1. The number of hydrogen-bond donors (Lipinski definition) is 0. The van der Waals surface area contributed by atoms with E-state index < -0.39 is 0 Å². The Kier molecular flexibility index (Phi) is 3.02. The van der Waals surface area contributed by atoms with Crippen molar-refractivity contribution < 1.29 is 0 Å². The van der Waals surface area contributed by atoms with E-state index in [0.29, 0.717) is 6.54 Å². The first kappa shape index (κ1) is 11.5. The Morgan fingerprint density at radius 3 is 2.79 bits per heavy atom. The van der Waals surface area contributed by atoms with Gasteiger partial charge in [0.1, 0.15) is 0 Å². The number of tetrazole rings is 1. The molecule has 0 unspecified atom stereocenters. The molecule has 94 valence electrons. The highest BCUT2D eigenvalue weighted by Gasteiger charge is 2.09. The van der Waals surface area contributed by atoms with E-state index in [2.05, 4.69) is 39.6 Å². The summed E-state index contributed by atoms with van der Waals surface area (Å²) in [6.45, 7) is 2.74. The molecule has 0 bridgehead atoms. The Morgan fingerprint density at radius 2 is 2.00 bits per heavy atom. The van der Waals surface area contributed by atoms with Crippen LogP contribution >= 0.6 is 0 Å². The molecular formula is C14H13N5. The highest BCUT2D eigenvalue weighted by atomic mass is 15.5. The first-order valence-corrected chi connectivity index (χ1v) is 6.05. The zero-order valence-electron chi connectivity index (χ0n) is 10.6. The normalized spacial score (nSPS) is 10.6. The first-order valence-electron chi connectivity index (χ1n) is 6.05. The van der Waals surface area contributed by atoms with Crippen LogP contribution in [-0.4, -0.2) is 25.2 Å². The van der Waals surface area contributed by atoms with Crippen LogP contribution in [0.1, 0.15) is 11.1 Å². The third kappa shape index (κ3) is 2.35. The maximum Gasteiger partial charge on any atom is 0.183 e. The molecule has 1 aromatic carbocycles. The van der Waals surface area contributed by atoms with E-state index in [1.165, 1.54) is 11.1 Å². The number of aryl methyl sites for hydroxylation is 1. The standard InChI is InChI=1S/C14H13N5/c1-11-5-2-3-6-13(11)10-19-14(16-17-18-19)12-7-4-8-15-9-12/h2-9H,10H2,1H3. The van der Waals surface area contributed by atoms with Crippen molar-refractivity contribution >= 4 is 0 Å². The molecule has 5 heteroatoms. The van der Waals surface area contributed by atoms with Gasteiger partial charge in [0, 0.05) is 18.0 Å². The smallest absolute Gasteiger partial charge is 0.183 e. The molecule has 0 fully saturated rings. The molecule has 0 aliphatic heterocycles. The molecule has 0 amide bonds. The van der Waals surface area contributed by atoms with Crippen molar-refractivity contribution in [2.75, 3.05) is 0 Å². The number of aromatic nitrogens is 5. The molecule has 3 rings (SSSR count). The van der Waals surface area contributed by atoms with Crippen molar-refractivity contribution in [3.05, 3.63) is 59.9 Å². The van der Waals surface area contributed by atoms with E-state index in [0.717, 1.165) is 11.4 Å². The van der Waals surface area contributed by atoms with Gasteiger partial charge in [-0.05, 0) is 40.6 Å². The molecule has 0 radical (unpaired) electrons. The fourth-order valence-electron chi connectivity index (χ4n) is 1.96. The van der Waals surface area contributed by atoms with Gasteiger partial charge >= 0.3 is 0 Å². The minimum atomic E-state index is 0.657. The number of hydrogen-bond acceptors (Lipinski definition) is 4. The van der Waals surface area contributed by atoms with Gasteiger partial charge in [0.15, 0.2) is 5.82 Å². The van der Waals surface area contributed by atoms with Gasteiger partial charge < -0.3 is 0 Å². The summed E-state index contributed by atoms with van der Waals surface area (Å²) in [5.41, 5.74) is 3.36.